The summed E-state index contributed by atoms with van der Waals surface area (Å²) in [7, 11) is 1.37. The van der Waals surface area contributed by atoms with Crippen LogP contribution in [0.3, 0.4) is 0 Å². The minimum atomic E-state index is -0.996. The molecule has 0 aliphatic rings. The maximum atomic E-state index is 13.0. The van der Waals surface area contributed by atoms with Crippen LogP contribution < -0.4 is 0 Å². The van der Waals surface area contributed by atoms with Crippen molar-refractivity contribution < 1.29 is 28.6 Å². The molecule has 1 aromatic rings. The van der Waals surface area contributed by atoms with Crippen molar-refractivity contribution in [1.29, 1.82) is 0 Å². The molecular formula is C28H49N3O6. The monoisotopic (exact) mass is 523 g/mol. The van der Waals surface area contributed by atoms with Crippen LogP contribution in [0.5, 0.6) is 0 Å². The Labute approximate surface area is 223 Å². The molecule has 1 aromatic heterocycles. The molecule has 0 fully saturated rings. The largest absolute Gasteiger partial charge is 0.468 e. The summed E-state index contributed by atoms with van der Waals surface area (Å²) in [5.41, 5.74) is -1.71. The second kappa shape index (κ2) is 12.3. The molecule has 0 aromatic carbocycles. The summed E-state index contributed by atoms with van der Waals surface area (Å²) in [6, 6.07) is 0. The first-order valence-corrected chi connectivity index (χ1v) is 13.0. The van der Waals surface area contributed by atoms with Crippen LogP contribution in [0.15, 0.2) is 12.5 Å². The molecule has 37 heavy (non-hydrogen) atoms. The predicted octanol–water partition coefficient (Wildman–Crippen LogP) is 6.34. The van der Waals surface area contributed by atoms with Gasteiger partial charge in [0, 0.05) is 19.3 Å². The minimum absolute atomic E-state index is 0.0887. The zero-order chi connectivity index (χ0) is 28.8. The van der Waals surface area contributed by atoms with Crippen molar-refractivity contribution in [3.8, 4) is 0 Å². The topological polar surface area (TPSA) is 100.0 Å². The number of carbonyl (C=O) groups is 3. The molecule has 0 N–H and O–H groups in total. The summed E-state index contributed by atoms with van der Waals surface area (Å²) in [4.78, 5) is 44.1. The van der Waals surface area contributed by atoms with E-state index in [9.17, 15) is 14.4 Å². The molecule has 0 radical (unpaired) electrons. The fraction of sp³-hybridized carbons (Fsp3) is 0.786. The number of imidazole rings is 1. The van der Waals surface area contributed by atoms with E-state index in [1.165, 1.54) is 7.11 Å². The number of aryl methyl sites for hydroxylation is 1. The molecule has 9 nitrogen and oxygen atoms in total. The van der Waals surface area contributed by atoms with Crippen molar-refractivity contribution in [3.63, 3.8) is 0 Å². The lowest BCUT2D eigenvalue weighted by Gasteiger charge is -2.32. The van der Waals surface area contributed by atoms with Gasteiger partial charge in [-0.2, -0.15) is 0 Å². The Balaban J connectivity index is 3.05. The van der Waals surface area contributed by atoms with E-state index >= 15 is 0 Å². The molecule has 9 heteroatoms. The summed E-state index contributed by atoms with van der Waals surface area (Å²) in [5.74, 6) is -0.567. The van der Waals surface area contributed by atoms with Gasteiger partial charge in [-0.1, -0.05) is 27.7 Å². The van der Waals surface area contributed by atoms with Crippen molar-refractivity contribution >= 4 is 18.2 Å². The number of carbonyl (C=O) groups excluding carboxylic acids is 3. The van der Waals surface area contributed by atoms with Crippen LogP contribution in [0.25, 0.3) is 0 Å². The van der Waals surface area contributed by atoms with Crippen LogP contribution in [-0.2, 0) is 31.0 Å². The van der Waals surface area contributed by atoms with Gasteiger partial charge in [-0.3, -0.25) is 4.79 Å². The maximum absolute atomic E-state index is 13.0. The molecule has 0 saturated heterocycles. The Morgan fingerprint density at radius 3 is 1.89 bits per heavy atom. The molecule has 0 aliphatic heterocycles. The molecule has 1 unspecified atom stereocenters. The Kier molecular flexibility index (Phi) is 10.8. The summed E-state index contributed by atoms with van der Waals surface area (Å²) in [6.07, 6.45) is 4.08. The smallest absolute Gasteiger partial charge is 0.419 e. The van der Waals surface area contributed by atoms with Crippen LogP contribution in [0.1, 0.15) is 101 Å². The van der Waals surface area contributed by atoms with Crippen molar-refractivity contribution in [2.75, 3.05) is 13.7 Å². The Bertz CT molecular complexity index is 892. The van der Waals surface area contributed by atoms with Gasteiger partial charge in [-0.05, 0) is 79.1 Å². The number of hydrogen-bond donors (Lipinski definition) is 0. The highest BCUT2D eigenvalue weighted by Gasteiger charge is 2.44. The second-order valence-electron chi connectivity index (χ2n) is 13.2. The Morgan fingerprint density at radius 2 is 1.46 bits per heavy atom. The van der Waals surface area contributed by atoms with Gasteiger partial charge in [-0.25, -0.2) is 19.5 Å². The lowest BCUT2D eigenvalue weighted by molar-refractivity contribution is -0.149. The molecule has 212 valence electrons. The molecular weight excluding hydrogens is 474 g/mol. The summed E-state index contributed by atoms with van der Waals surface area (Å²) in [5, 5.41) is 0. The first-order valence-electron chi connectivity index (χ1n) is 13.0. The molecule has 0 aliphatic carbocycles. The van der Waals surface area contributed by atoms with Gasteiger partial charge >= 0.3 is 18.2 Å². The molecule has 1 heterocycles. The molecule has 1 rings (SSSR count). The van der Waals surface area contributed by atoms with E-state index in [0.717, 1.165) is 17.9 Å². The van der Waals surface area contributed by atoms with Gasteiger partial charge in [0.2, 0.25) is 0 Å². The van der Waals surface area contributed by atoms with E-state index in [2.05, 4.69) is 25.8 Å². The SMILES string of the molecule is COC(=O)[C@](C)(c1cn(CCC(C)(C)C)cn1)C(C)CCCN(C(=O)OC(C)(C)C)C(=O)OC(C)(C)C. The average molecular weight is 524 g/mol. The highest BCUT2D eigenvalue weighted by atomic mass is 16.6. The lowest BCUT2D eigenvalue weighted by atomic mass is 9.73. The third-order valence-electron chi connectivity index (χ3n) is 6.13. The van der Waals surface area contributed by atoms with Gasteiger partial charge in [0.05, 0.1) is 19.1 Å². The number of hydrogen-bond acceptors (Lipinski definition) is 7. The number of amides is 2. The average Bonchev–Trinajstić information content (AvgIpc) is 3.20. The van der Waals surface area contributed by atoms with E-state index < -0.39 is 28.8 Å². The van der Waals surface area contributed by atoms with Crippen LogP contribution >= 0.6 is 0 Å². The van der Waals surface area contributed by atoms with E-state index in [1.807, 2.05) is 24.6 Å². The van der Waals surface area contributed by atoms with Gasteiger partial charge in [0.1, 0.15) is 16.6 Å². The Morgan fingerprint density at radius 1 is 0.946 bits per heavy atom. The second-order valence-corrected chi connectivity index (χ2v) is 13.2. The van der Waals surface area contributed by atoms with Crippen LogP contribution in [0.2, 0.25) is 0 Å². The van der Waals surface area contributed by atoms with Crippen molar-refractivity contribution in [2.24, 2.45) is 11.3 Å². The molecule has 0 bridgehead atoms. The van der Waals surface area contributed by atoms with Crippen LogP contribution in [-0.4, -0.2) is 57.5 Å². The van der Waals surface area contributed by atoms with Crippen molar-refractivity contribution in [2.45, 2.75) is 119 Å². The summed E-state index contributed by atoms with van der Waals surface area (Å²) < 4.78 is 18.1. The third kappa shape index (κ3) is 10.4. The normalized spacial score (nSPS) is 14.9. The van der Waals surface area contributed by atoms with E-state index in [1.54, 1.807) is 47.9 Å². The number of rotatable bonds is 9. The number of imide groups is 1. The molecule has 2 amide bonds. The number of esters is 1. The quantitative estimate of drug-likeness (QED) is 0.275. The lowest BCUT2D eigenvalue weighted by Crippen LogP contribution is -2.44. The number of aromatic nitrogens is 2. The van der Waals surface area contributed by atoms with Crippen LogP contribution in [0, 0.1) is 11.3 Å². The maximum Gasteiger partial charge on any atom is 0.419 e. The molecule has 0 saturated carbocycles. The van der Waals surface area contributed by atoms with Crippen LogP contribution in [0.4, 0.5) is 9.59 Å². The fourth-order valence-electron chi connectivity index (χ4n) is 3.72. The van der Waals surface area contributed by atoms with E-state index in [0.29, 0.717) is 18.5 Å². The zero-order valence-electron chi connectivity index (χ0n) is 25.1. The first-order chi connectivity index (χ1) is 16.7. The summed E-state index contributed by atoms with van der Waals surface area (Å²) in [6.45, 7) is 21.7. The Hall–Kier alpha value is -2.58. The molecule has 2 atom stereocenters. The number of nitrogens with zero attached hydrogens (tertiary/aromatic N) is 3. The zero-order valence-corrected chi connectivity index (χ0v) is 25.1. The summed E-state index contributed by atoms with van der Waals surface area (Å²) >= 11 is 0. The van der Waals surface area contributed by atoms with Gasteiger partial charge in [0.25, 0.3) is 0 Å². The van der Waals surface area contributed by atoms with Crippen molar-refractivity contribution in [1.82, 2.24) is 14.5 Å². The van der Waals surface area contributed by atoms with E-state index in [4.69, 9.17) is 14.2 Å². The number of methoxy groups -OCH3 is 1. The number of ether oxygens (including phenoxy) is 3. The van der Waals surface area contributed by atoms with Crippen molar-refractivity contribution in [3.05, 3.63) is 18.2 Å². The molecule has 0 spiro atoms. The third-order valence-corrected chi connectivity index (χ3v) is 6.13. The predicted molar refractivity (Wildman–Crippen MR) is 143 cm³/mol. The van der Waals surface area contributed by atoms with E-state index in [-0.39, 0.29) is 23.8 Å². The van der Waals surface area contributed by atoms with Gasteiger partial charge < -0.3 is 18.8 Å². The standard InChI is InChI=1S/C28H49N3O6/c1-20(14-13-16-31(23(33)36-26(5,6)7)24(34)37-27(8,9)10)28(11,22(32)35-12)21-18-30(19-29-21)17-15-25(2,3)4/h18-20H,13-17H2,1-12H3/t20?,28-/m0/s1. The highest BCUT2D eigenvalue weighted by Crippen LogP contribution is 2.35. The first kappa shape index (κ1) is 32.4. The fourth-order valence-corrected chi connectivity index (χ4v) is 3.72. The van der Waals surface area contributed by atoms with Gasteiger partial charge in [-0.15, -0.1) is 0 Å². The minimum Gasteiger partial charge on any atom is -0.468 e. The van der Waals surface area contributed by atoms with Gasteiger partial charge in [0.15, 0.2) is 0 Å². The highest BCUT2D eigenvalue weighted by molar-refractivity contribution is 5.88.